The highest BCUT2D eigenvalue weighted by Gasteiger charge is 2.20. The van der Waals surface area contributed by atoms with Gasteiger partial charge in [-0.1, -0.05) is 18.7 Å². The van der Waals surface area contributed by atoms with Crippen molar-refractivity contribution in [2.24, 2.45) is 0 Å². The van der Waals surface area contributed by atoms with Crippen LogP contribution in [-0.4, -0.2) is 39.1 Å². The Labute approximate surface area is 148 Å². The minimum absolute atomic E-state index is 0.180. The first-order valence-corrected chi connectivity index (χ1v) is 8.99. The van der Waals surface area contributed by atoms with Crippen LogP contribution >= 0.6 is 11.8 Å². The van der Waals surface area contributed by atoms with Crippen molar-refractivity contribution in [2.45, 2.75) is 37.2 Å². The Morgan fingerprint density at radius 1 is 1.40 bits per heavy atom. The molecule has 0 aliphatic carbocycles. The quantitative estimate of drug-likeness (QED) is 0.760. The zero-order valence-corrected chi connectivity index (χ0v) is 14.9. The van der Waals surface area contributed by atoms with Gasteiger partial charge in [-0.05, 0) is 25.5 Å². The zero-order valence-electron chi connectivity index (χ0n) is 14.1. The van der Waals surface area contributed by atoms with Crippen LogP contribution in [-0.2, 0) is 11.3 Å². The number of nitrogens with one attached hydrogen (secondary N) is 2. The first kappa shape index (κ1) is 17.4. The molecule has 8 nitrogen and oxygen atoms in total. The summed E-state index contributed by atoms with van der Waals surface area (Å²) in [4.78, 5) is 24.1. The van der Waals surface area contributed by atoms with Gasteiger partial charge in [-0.15, -0.1) is 5.10 Å². The van der Waals surface area contributed by atoms with Crippen molar-refractivity contribution in [1.29, 1.82) is 0 Å². The third-order valence-corrected chi connectivity index (χ3v) is 4.72. The molecule has 0 radical (unpaired) electrons. The minimum Gasteiger partial charge on any atom is -0.486 e. The van der Waals surface area contributed by atoms with Crippen LogP contribution in [0.15, 0.2) is 28.2 Å². The molecule has 3 rings (SSSR count). The number of hydrogen-bond acceptors (Lipinski definition) is 6. The van der Waals surface area contributed by atoms with E-state index in [0.29, 0.717) is 42.1 Å². The molecule has 1 aromatic carbocycles. The summed E-state index contributed by atoms with van der Waals surface area (Å²) in [5.74, 6) is 1.11. The number of carbonyl (C=O) groups is 1. The van der Waals surface area contributed by atoms with Crippen molar-refractivity contribution in [1.82, 2.24) is 14.8 Å². The van der Waals surface area contributed by atoms with Crippen LogP contribution in [0.3, 0.4) is 0 Å². The van der Waals surface area contributed by atoms with Gasteiger partial charge in [-0.25, -0.2) is 9.89 Å². The lowest BCUT2D eigenvalue weighted by atomic mass is 10.2. The molecule has 0 bridgehead atoms. The van der Waals surface area contributed by atoms with Crippen molar-refractivity contribution in [3.8, 4) is 11.5 Å². The van der Waals surface area contributed by atoms with Gasteiger partial charge in [0, 0.05) is 18.3 Å². The smallest absolute Gasteiger partial charge is 0.343 e. The summed E-state index contributed by atoms with van der Waals surface area (Å²) < 4.78 is 12.5. The molecule has 9 heteroatoms. The van der Waals surface area contributed by atoms with Gasteiger partial charge in [-0.2, -0.15) is 0 Å². The molecule has 1 amide bonds. The highest BCUT2D eigenvalue weighted by Crippen LogP contribution is 2.33. The highest BCUT2D eigenvalue weighted by atomic mass is 32.2. The standard InChI is InChI=1S/C16H20N4O4S/c1-3-6-20-15(22)18-19-16(20)25-10(2)14(21)17-11-4-5-12-13(9-11)24-8-7-23-12/h4-5,9-10H,3,6-8H2,1-2H3,(H,17,21)(H,18,22)/t10-/m1/s1. The van der Waals surface area contributed by atoms with E-state index in [1.165, 1.54) is 11.8 Å². The molecule has 1 aliphatic rings. The van der Waals surface area contributed by atoms with E-state index >= 15 is 0 Å². The molecule has 1 atom stereocenters. The topological polar surface area (TPSA) is 98.2 Å². The molecule has 25 heavy (non-hydrogen) atoms. The molecular formula is C16H20N4O4S. The number of thioether (sulfide) groups is 1. The monoisotopic (exact) mass is 364 g/mol. The van der Waals surface area contributed by atoms with Crippen LogP contribution in [0.2, 0.25) is 0 Å². The molecule has 1 aromatic heterocycles. The lowest BCUT2D eigenvalue weighted by Crippen LogP contribution is -2.24. The lowest BCUT2D eigenvalue weighted by molar-refractivity contribution is -0.115. The number of fused-ring (bicyclic) bond motifs is 1. The van der Waals surface area contributed by atoms with Gasteiger partial charge in [0.25, 0.3) is 0 Å². The molecule has 0 unspecified atom stereocenters. The minimum atomic E-state index is -0.418. The average molecular weight is 364 g/mol. The maximum Gasteiger partial charge on any atom is 0.343 e. The van der Waals surface area contributed by atoms with Gasteiger partial charge in [0.05, 0.1) is 5.25 Å². The Balaban J connectivity index is 1.66. The summed E-state index contributed by atoms with van der Waals surface area (Å²) in [6, 6.07) is 5.28. The fourth-order valence-electron chi connectivity index (χ4n) is 2.39. The summed E-state index contributed by atoms with van der Waals surface area (Å²) in [6.45, 7) is 5.33. The molecule has 0 saturated heterocycles. The maximum absolute atomic E-state index is 12.4. The molecule has 1 aliphatic heterocycles. The Morgan fingerprint density at radius 2 is 2.16 bits per heavy atom. The molecule has 0 fully saturated rings. The third kappa shape index (κ3) is 3.98. The average Bonchev–Trinajstić information content (AvgIpc) is 2.95. The van der Waals surface area contributed by atoms with E-state index in [-0.39, 0.29) is 11.6 Å². The summed E-state index contributed by atoms with van der Waals surface area (Å²) in [7, 11) is 0. The van der Waals surface area contributed by atoms with Gasteiger partial charge in [0.15, 0.2) is 16.7 Å². The summed E-state index contributed by atoms with van der Waals surface area (Å²) in [5.41, 5.74) is 0.374. The number of carbonyl (C=O) groups excluding carboxylic acids is 1. The molecular weight excluding hydrogens is 344 g/mol. The Bertz CT molecular complexity index is 817. The number of H-pyrrole nitrogens is 1. The summed E-state index contributed by atoms with van der Waals surface area (Å²) in [6.07, 6.45) is 0.810. The normalized spacial score (nSPS) is 14.2. The van der Waals surface area contributed by atoms with Gasteiger partial charge in [0.1, 0.15) is 13.2 Å². The SMILES string of the molecule is CCCn1c(S[C@H](C)C(=O)Nc2ccc3c(c2)OCCO3)n[nH]c1=O. The number of anilines is 1. The second-order valence-electron chi connectivity index (χ2n) is 5.57. The van der Waals surface area contributed by atoms with Crippen molar-refractivity contribution in [2.75, 3.05) is 18.5 Å². The number of rotatable bonds is 6. The number of aromatic amines is 1. The first-order chi connectivity index (χ1) is 12.1. The highest BCUT2D eigenvalue weighted by molar-refractivity contribution is 8.00. The van der Waals surface area contributed by atoms with Gasteiger partial charge in [-0.3, -0.25) is 9.36 Å². The predicted octanol–water partition coefficient (Wildman–Crippen LogP) is 1.87. The molecule has 2 heterocycles. The van der Waals surface area contributed by atoms with Gasteiger partial charge < -0.3 is 14.8 Å². The number of aromatic nitrogens is 3. The van der Waals surface area contributed by atoms with Gasteiger partial charge in [0.2, 0.25) is 5.91 Å². The maximum atomic E-state index is 12.4. The fourth-order valence-corrected chi connectivity index (χ4v) is 3.27. The van der Waals surface area contributed by atoms with Crippen molar-refractivity contribution in [3.63, 3.8) is 0 Å². The molecule has 0 spiro atoms. The lowest BCUT2D eigenvalue weighted by Gasteiger charge is -2.19. The van der Waals surface area contributed by atoms with E-state index in [1.807, 2.05) is 6.92 Å². The van der Waals surface area contributed by atoms with Gasteiger partial charge >= 0.3 is 5.69 Å². The van der Waals surface area contributed by atoms with E-state index in [2.05, 4.69) is 15.5 Å². The van der Waals surface area contributed by atoms with E-state index in [0.717, 1.165) is 6.42 Å². The predicted molar refractivity (Wildman–Crippen MR) is 94.5 cm³/mol. The van der Waals surface area contributed by atoms with E-state index in [1.54, 1.807) is 29.7 Å². The molecule has 2 N–H and O–H groups in total. The van der Waals surface area contributed by atoms with Crippen LogP contribution in [0.5, 0.6) is 11.5 Å². The summed E-state index contributed by atoms with van der Waals surface area (Å²) >= 11 is 1.24. The number of nitrogens with zero attached hydrogens (tertiary/aromatic N) is 2. The Hall–Kier alpha value is -2.42. The Kier molecular flexibility index (Phi) is 5.32. The van der Waals surface area contributed by atoms with Crippen LogP contribution in [0, 0.1) is 0 Å². The number of hydrogen-bond donors (Lipinski definition) is 2. The second-order valence-corrected chi connectivity index (χ2v) is 6.88. The van der Waals surface area contributed by atoms with Crippen molar-refractivity contribution < 1.29 is 14.3 Å². The molecule has 134 valence electrons. The van der Waals surface area contributed by atoms with E-state index in [4.69, 9.17) is 9.47 Å². The first-order valence-electron chi connectivity index (χ1n) is 8.11. The largest absolute Gasteiger partial charge is 0.486 e. The van der Waals surface area contributed by atoms with Crippen LogP contribution in [0.25, 0.3) is 0 Å². The Morgan fingerprint density at radius 3 is 2.92 bits per heavy atom. The molecule has 0 saturated carbocycles. The number of benzene rings is 1. The number of amides is 1. The van der Waals surface area contributed by atoms with Crippen molar-refractivity contribution in [3.05, 3.63) is 28.7 Å². The van der Waals surface area contributed by atoms with E-state index in [9.17, 15) is 9.59 Å². The van der Waals surface area contributed by atoms with Crippen LogP contribution < -0.4 is 20.5 Å². The zero-order chi connectivity index (χ0) is 17.8. The summed E-state index contributed by atoms with van der Waals surface area (Å²) in [5, 5.41) is 9.36. The number of ether oxygens (including phenoxy) is 2. The molecule has 2 aromatic rings. The van der Waals surface area contributed by atoms with Crippen LogP contribution in [0.1, 0.15) is 20.3 Å². The van der Waals surface area contributed by atoms with Crippen LogP contribution in [0.4, 0.5) is 5.69 Å². The third-order valence-electron chi connectivity index (χ3n) is 3.63. The fraction of sp³-hybridized carbons (Fsp3) is 0.438. The second kappa shape index (κ2) is 7.64. The van der Waals surface area contributed by atoms with Crippen molar-refractivity contribution >= 4 is 23.4 Å². The van der Waals surface area contributed by atoms with E-state index < -0.39 is 5.25 Å².